The van der Waals surface area contributed by atoms with Gasteiger partial charge in [-0.15, -0.1) is 0 Å². The second-order valence-corrected chi connectivity index (χ2v) is 7.94. The number of piperazine rings is 1. The molecule has 0 unspecified atom stereocenters. The van der Waals surface area contributed by atoms with Crippen LogP contribution in [0.4, 0.5) is 0 Å². The summed E-state index contributed by atoms with van der Waals surface area (Å²) in [5.41, 5.74) is 1.61. The van der Waals surface area contributed by atoms with Crippen LogP contribution in [0.25, 0.3) is 10.9 Å². The quantitative estimate of drug-likeness (QED) is 0.643. The van der Waals surface area contributed by atoms with Crippen molar-refractivity contribution in [2.45, 2.75) is 19.5 Å². The fourth-order valence-corrected chi connectivity index (χ4v) is 4.17. The van der Waals surface area contributed by atoms with E-state index >= 15 is 0 Å². The van der Waals surface area contributed by atoms with Crippen molar-refractivity contribution in [2.24, 2.45) is 0 Å². The molecule has 0 aliphatic carbocycles. The van der Waals surface area contributed by atoms with E-state index in [2.05, 4.69) is 9.88 Å². The predicted octanol–water partition coefficient (Wildman–Crippen LogP) is 2.03. The average Bonchev–Trinajstić information content (AvgIpc) is 3.27. The third-order valence-electron chi connectivity index (χ3n) is 5.99. The largest absolute Gasteiger partial charge is 0.454 e. The van der Waals surface area contributed by atoms with Crippen molar-refractivity contribution >= 4 is 16.8 Å². The molecule has 0 saturated carbocycles. The molecule has 31 heavy (non-hydrogen) atoms. The van der Waals surface area contributed by atoms with Gasteiger partial charge in [0.15, 0.2) is 11.5 Å². The number of amides is 1. The molecular formula is C23H24N4O4. The van der Waals surface area contributed by atoms with Crippen LogP contribution in [-0.4, -0.2) is 58.2 Å². The van der Waals surface area contributed by atoms with Gasteiger partial charge in [-0.05, 0) is 36.8 Å². The van der Waals surface area contributed by atoms with Gasteiger partial charge in [0.1, 0.15) is 6.04 Å². The minimum atomic E-state index is -0.593. The summed E-state index contributed by atoms with van der Waals surface area (Å²) in [6.45, 7) is 5.64. The Kier molecular flexibility index (Phi) is 5.07. The molecule has 1 amide bonds. The van der Waals surface area contributed by atoms with Gasteiger partial charge in [-0.25, -0.2) is 4.98 Å². The Morgan fingerprint density at radius 3 is 2.68 bits per heavy atom. The minimum Gasteiger partial charge on any atom is -0.454 e. The summed E-state index contributed by atoms with van der Waals surface area (Å²) in [6, 6.07) is 12.6. The van der Waals surface area contributed by atoms with Crippen molar-refractivity contribution in [3.63, 3.8) is 0 Å². The molecule has 160 valence electrons. The van der Waals surface area contributed by atoms with Gasteiger partial charge in [0, 0.05) is 32.7 Å². The monoisotopic (exact) mass is 420 g/mol. The average molecular weight is 420 g/mol. The summed E-state index contributed by atoms with van der Waals surface area (Å²) in [6.07, 6.45) is 1.48. The maximum absolute atomic E-state index is 13.1. The van der Waals surface area contributed by atoms with Gasteiger partial charge in [-0.1, -0.05) is 18.2 Å². The Bertz CT molecular complexity index is 1180. The Balaban J connectivity index is 1.23. The number of hydrogen-bond donors (Lipinski definition) is 0. The van der Waals surface area contributed by atoms with Crippen LogP contribution in [0.2, 0.25) is 0 Å². The van der Waals surface area contributed by atoms with Crippen LogP contribution in [0.5, 0.6) is 11.5 Å². The van der Waals surface area contributed by atoms with Gasteiger partial charge >= 0.3 is 0 Å². The third kappa shape index (κ3) is 3.74. The van der Waals surface area contributed by atoms with Crippen molar-refractivity contribution in [3.05, 3.63) is 64.7 Å². The van der Waals surface area contributed by atoms with E-state index in [1.807, 2.05) is 35.2 Å². The standard InChI is InChI=1S/C23H24N4O4/c1-16(27-14-24-19-5-3-2-4-18(19)23(27)29)22(28)26-10-8-25(9-11-26)13-17-6-7-20-21(12-17)31-15-30-20/h2-7,12,14,16H,8-11,13,15H2,1H3/t16-/m0/s1. The highest BCUT2D eigenvalue weighted by atomic mass is 16.7. The number of para-hydroxylation sites is 1. The van der Waals surface area contributed by atoms with Gasteiger partial charge < -0.3 is 14.4 Å². The molecule has 0 bridgehead atoms. The minimum absolute atomic E-state index is 0.0538. The maximum Gasteiger partial charge on any atom is 0.261 e. The van der Waals surface area contributed by atoms with Crippen molar-refractivity contribution < 1.29 is 14.3 Å². The zero-order chi connectivity index (χ0) is 21.4. The number of fused-ring (bicyclic) bond motifs is 2. The molecule has 8 heteroatoms. The van der Waals surface area contributed by atoms with Crippen LogP contribution in [0.1, 0.15) is 18.5 Å². The Morgan fingerprint density at radius 1 is 1.06 bits per heavy atom. The highest BCUT2D eigenvalue weighted by Crippen LogP contribution is 2.32. The number of carbonyl (C=O) groups is 1. The highest BCUT2D eigenvalue weighted by Gasteiger charge is 2.27. The predicted molar refractivity (Wildman–Crippen MR) is 115 cm³/mol. The number of nitrogens with zero attached hydrogens (tertiary/aromatic N) is 4. The summed E-state index contributed by atoms with van der Waals surface area (Å²) in [4.78, 5) is 34.4. The second kappa shape index (κ2) is 8.03. The smallest absolute Gasteiger partial charge is 0.261 e. The molecule has 0 radical (unpaired) electrons. The first-order valence-electron chi connectivity index (χ1n) is 10.5. The molecule has 1 aromatic heterocycles. The molecule has 1 fully saturated rings. The molecule has 0 N–H and O–H groups in total. The van der Waals surface area contributed by atoms with Crippen LogP contribution < -0.4 is 15.0 Å². The van der Waals surface area contributed by atoms with E-state index in [1.54, 1.807) is 19.1 Å². The first-order valence-corrected chi connectivity index (χ1v) is 10.5. The van der Waals surface area contributed by atoms with Gasteiger partial charge in [-0.3, -0.25) is 19.1 Å². The molecule has 2 aromatic carbocycles. The summed E-state index contributed by atoms with van der Waals surface area (Å²) >= 11 is 0. The molecule has 2 aliphatic heterocycles. The maximum atomic E-state index is 13.1. The Morgan fingerprint density at radius 2 is 1.84 bits per heavy atom. The summed E-state index contributed by atoms with van der Waals surface area (Å²) < 4.78 is 12.3. The van der Waals surface area contributed by atoms with Gasteiger partial charge in [0.25, 0.3) is 5.56 Å². The lowest BCUT2D eigenvalue weighted by Gasteiger charge is -2.36. The van der Waals surface area contributed by atoms with Crippen LogP contribution in [0.3, 0.4) is 0 Å². The topological polar surface area (TPSA) is 76.9 Å². The summed E-state index contributed by atoms with van der Waals surface area (Å²) in [5.74, 6) is 1.52. The molecular weight excluding hydrogens is 396 g/mol. The van der Waals surface area contributed by atoms with E-state index < -0.39 is 6.04 Å². The number of benzene rings is 2. The van der Waals surface area contributed by atoms with E-state index in [4.69, 9.17) is 9.47 Å². The third-order valence-corrected chi connectivity index (χ3v) is 5.99. The van der Waals surface area contributed by atoms with Crippen molar-refractivity contribution in [2.75, 3.05) is 33.0 Å². The lowest BCUT2D eigenvalue weighted by Crippen LogP contribution is -2.50. The van der Waals surface area contributed by atoms with Crippen molar-refractivity contribution in [3.8, 4) is 11.5 Å². The molecule has 1 saturated heterocycles. The normalized spacial score (nSPS) is 17.1. The van der Waals surface area contributed by atoms with E-state index in [0.29, 0.717) is 24.0 Å². The molecule has 3 aromatic rings. The van der Waals surface area contributed by atoms with Gasteiger partial charge in [0.05, 0.1) is 17.2 Å². The van der Waals surface area contributed by atoms with Gasteiger partial charge in [-0.2, -0.15) is 0 Å². The molecule has 2 aliphatic rings. The SMILES string of the molecule is C[C@@H](C(=O)N1CCN(Cc2ccc3c(c2)OCO3)CC1)n1cnc2ccccc2c1=O. The fourth-order valence-electron chi connectivity index (χ4n) is 4.17. The molecule has 3 heterocycles. The van der Waals surface area contributed by atoms with Crippen LogP contribution in [-0.2, 0) is 11.3 Å². The van der Waals surface area contributed by atoms with E-state index in [0.717, 1.165) is 36.7 Å². The summed E-state index contributed by atoms with van der Waals surface area (Å²) in [7, 11) is 0. The van der Waals surface area contributed by atoms with E-state index in [1.165, 1.54) is 10.9 Å². The van der Waals surface area contributed by atoms with Crippen LogP contribution in [0.15, 0.2) is 53.6 Å². The number of carbonyl (C=O) groups excluding carboxylic acids is 1. The summed E-state index contributed by atoms with van der Waals surface area (Å²) in [5, 5.41) is 0.526. The van der Waals surface area contributed by atoms with E-state index in [-0.39, 0.29) is 18.3 Å². The van der Waals surface area contributed by atoms with Crippen LogP contribution >= 0.6 is 0 Å². The molecule has 5 rings (SSSR count). The second-order valence-electron chi connectivity index (χ2n) is 7.94. The van der Waals surface area contributed by atoms with Crippen LogP contribution in [0, 0.1) is 0 Å². The number of aromatic nitrogens is 2. The van der Waals surface area contributed by atoms with Gasteiger partial charge in [0.2, 0.25) is 12.7 Å². The molecule has 0 spiro atoms. The molecule has 1 atom stereocenters. The lowest BCUT2D eigenvalue weighted by molar-refractivity contribution is -0.136. The first kappa shape index (κ1) is 19.6. The molecule has 8 nitrogen and oxygen atoms in total. The Labute approximate surface area is 179 Å². The number of ether oxygens (including phenoxy) is 2. The fraction of sp³-hybridized carbons (Fsp3) is 0.348. The number of rotatable bonds is 4. The first-order chi connectivity index (χ1) is 15.1. The Hall–Kier alpha value is -3.39. The number of hydrogen-bond acceptors (Lipinski definition) is 6. The van der Waals surface area contributed by atoms with Crippen molar-refractivity contribution in [1.82, 2.24) is 19.4 Å². The zero-order valence-electron chi connectivity index (χ0n) is 17.4. The lowest BCUT2D eigenvalue weighted by atomic mass is 10.1. The zero-order valence-corrected chi connectivity index (χ0v) is 17.4. The highest BCUT2D eigenvalue weighted by molar-refractivity contribution is 5.81. The van der Waals surface area contributed by atoms with E-state index in [9.17, 15) is 9.59 Å². The van der Waals surface area contributed by atoms with Crippen molar-refractivity contribution in [1.29, 1.82) is 0 Å².